The maximum atomic E-state index is 15.7. The van der Waals surface area contributed by atoms with Gasteiger partial charge in [0, 0.05) is 36.5 Å². The van der Waals surface area contributed by atoms with Gasteiger partial charge in [0.15, 0.2) is 5.82 Å². The normalized spacial score (nSPS) is 14.5. The highest BCUT2D eigenvalue weighted by atomic mass is 19.1. The number of benzene rings is 3. The molecule has 3 heterocycles. The summed E-state index contributed by atoms with van der Waals surface area (Å²) in [6, 6.07) is 15.3. The fourth-order valence-corrected chi connectivity index (χ4v) is 5.44. The van der Waals surface area contributed by atoms with Crippen LogP contribution >= 0.6 is 0 Å². The maximum absolute atomic E-state index is 15.7. The van der Waals surface area contributed by atoms with Crippen molar-refractivity contribution in [1.29, 1.82) is 0 Å². The van der Waals surface area contributed by atoms with E-state index in [1.165, 1.54) is 35.2 Å². The van der Waals surface area contributed by atoms with Gasteiger partial charge in [-0.3, -0.25) is 4.79 Å². The number of rotatable bonds is 10. The SMILES string of the molecule is COc1ccc(COc2ccc(-n3cc(C(=O)O)c(=O)c4cc(F)c(N5CCC[C@@H]5COc5ccncn5)cc43)c(F)c2)cc1. The van der Waals surface area contributed by atoms with E-state index in [0.717, 1.165) is 30.7 Å². The van der Waals surface area contributed by atoms with Crippen molar-refractivity contribution < 1.29 is 32.9 Å². The Morgan fingerprint density at radius 2 is 1.78 bits per heavy atom. The molecule has 230 valence electrons. The minimum Gasteiger partial charge on any atom is -0.497 e. The predicted octanol–water partition coefficient (Wildman–Crippen LogP) is 5.39. The van der Waals surface area contributed by atoms with Gasteiger partial charge < -0.3 is 28.8 Å². The summed E-state index contributed by atoms with van der Waals surface area (Å²) in [6.07, 6.45) is 5.48. The minimum absolute atomic E-state index is 0.0399. The molecule has 0 spiro atoms. The number of hydrogen-bond acceptors (Lipinski definition) is 8. The van der Waals surface area contributed by atoms with Crippen molar-refractivity contribution >= 4 is 22.6 Å². The molecule has 2 aromatic heterocycles. The summed E-state index contributed by atoms with van der Waals surface area (Å²) in [6.45, 7) is 0.922. The van der Waals surface area contributed by atoms with Crippen LogP contribution in [-0.2, 0) is 6.61 Å². The minimum atomic E-state index is -1.51. The van der Waals surface area contributed by atoms with E-state index in [1.807, 2.05) is 17.0 Å². The van der Waals surface area contributed by atoms with E-state index in [1.54, 1.807) is 31.5 Å². The Morgan fingerprint density at radius 3 is 2.49 bits per heavy atom. The summed E-state index contributed by atoms with van der Waals surface area (Å²) in [5.74, 6) is -1.62. The van der Waals surface area contributed by atoms with Gasteiger partial charge in [-0.1, -0.05) is 12.1 Å². The van der Waals surface area contributed by atoms with Crippen LogP contribution in [-0.4, -0.2) is 51.9 Å². The van der Waals surface area contributed by atoms with E-state index >= 15 is 8.78 Å². The second-order valence-electron chi connectivity index (χ2n) is 10.5. The zero-order chi connectivity index (χ0) is 31.5. The first-order chi connectivity index (χ1) is 21.8. The monoisotopic (exact) mass is 614 g/mol. The summed E-state index contributed by atoms with van der Waals surface area (Å²) in [4.78, 5) is 34.9. The van der Waals surface area contributed by atoms with E-state index < -0.39 is 28.6 Å². The summed E-state index contributed by atoms with van der Waals surface area (Å²) >= 11 is 0. The zero-order valence-electron chi connectivity index (χ0n) is 24.2. The van der Waals surface area contributed by atoms with Gasteiger partial charge in [0.2, 0.25) is 11.3 Å². The average Bonchev–Trinajstić information content (AvgIpc) is 3.52. The highest BCUT2D eigenvalue weighted by Crippen LogP contribution is 2.33. The molecule has 12 heteroatoms. The van der Waals surface area contributed by atoms with Crippen molar-refractivity contribution in [2.24, 2.45) is 0 Å². The second kappa shape index (κ2) is 12.6. The highest BCUT2D eigenvalue weighted by molar-refractivity contribution is 5.94. The summed E-state index contributed by atoms with van der Waals surface area (Å²) in [7, 11) is 1.57. The van der Waals surface area contributed by atoms with Crippen molar-refractivity contribution in [2.75, 3.05) is 25.2 Å². The number of halogens is 2. The fourth-order valence-electron chi connectivity index (χ4n) is 5.44. The Hall–Kier alpha value is -5.52. The van der Waals surface area contributed by atoms with Gasteiger partial charge in [-0.05, 0) is 54.8 Å². The molecule has 0 bridgehead atoms. The Bertz CT molecular complexity index is 1920. The highest BCUT2D eigenvalue weighted by Gasteiger charge is 2.29. The number of fused-ring (bicyclic) bond motifs is 1. The van der Waals surface area contributed by atoms with Crippen LogP contribution in [0.1, 0.15) is 28.8 Å². The van der Waals surface area contributed by atoms with Crippen LogP contribution < -0.4 is 24.5 Å². The number of aromatic nitrogens is 3. The summed E-state index contributed by atoms with van der Waals surface area (Å²) < 4.78 is 49.3. The first-order valence-corrected chi connectivity index (χ1v) is 14.2. The van der Waals surface area contributed by atoms with Gasteiger partial charge in [0.25, 0.3) is 0 Å². The van der Waals surface area contributed by atoms with Crippen LogP contribution in [0.3, 0.4) is 0 Å². The molecule has 0 unspecified atom stereocenters. The van der Waals surface area contributed by atoms with Crippen LogP contribution in [0.25, 0.3) is 16.6 Å². The Labute approximate surface area is 256 Å². The molecule has 0 amide bonds. The lowest BCUT2D eigenvalue weighted by Crippen LogP contribution is -2.35. The van der Waals surface area contributed by atoms with E-state index in [2.05, 4.69) is 9.97 Å². The topological polar surface area (TPSA) is 116 Å². The standard InChI is InChI=1S/C33H28F2N4O6/c1-43-22-6-4-20(5-7-22)17-44-23-8-9-28(26(34)13-23)39-16-25(33(41)42)32(40)24-14-27(35)30(15-29(24)39)38-12-2-3-21(38)18-45-31-10-11-36-19-37-31/h4-11,13-16,19,21H,2-3,12,17-18H2,1H3,(H,41,42)/t21-/m1/s1. The first kappa shape index (κ1) is 29.5. The van der Waals surface area contributed by atoms with Crippen molar-refractivity contribution in [2.45, 2.75) is 25.5 Å². The van der Waals surface area contributed by atoms with E-state index in [-0.39, 0.29) is 47.3 Å². The third-order valence-corrected chi connectivity index (χ3v) is 7.71. The Balaban J connectivity index is 1.35. The van der Waals surface area contributed by atoms with Gasteiger partial charge >= 0.3 is 5.97 Å². The van der Waals surface area contributed by atoms with Gasteiger partial charge in [0.05, 0.1) is 30.0 Å². The summed E-state index contributed by atoms with van der Waals surface area (Å²) in [5, 5.41) is 9.55. The average molecular weight is 615 g/mol. The van der Waals surface area contributed by atoms with Crippen molar-refractivity contribution in [3.8, 4) is 23.1 Å². The Morgan fingerprint density at radius 1 is 1.00 bits per heavy atom. The quantitative estimate of drug-likeness (QED) is 0.221. The number of ether oxygens (including phenoxy) is 3. The number of carbonyl (C=O) groups is 1. The third kappa shape index (κ3) is 6.12. The molecule has 1 aliphatic heterocycles. The zero-order valence-corrected chi connectivity index (χ0v) is 24.2. The number of aromatic carboxylic acids is 1. The van der Waals surface area contributed by atoms with Crippen LogP contribution in [0.15, 0.2) is 84.2 Å². The molecule has 1 atom stereocenters. The molecule has 0 radical (unpaired) electrons. The molecule has 0 aliphatic carbocycles. The third-order valence-electron chi connectivity index (χ3n) is 7.71. The first-order valence-electron chi connectivity index (χ1n) is 14.2. The molecule has 1 fully saturated rings. The number of hydrogen-bond donors (Lipinski definition) is 1. The number of carboxylic acid groups (broad SMARTS) is 1. The van der Waals surface area contributed by atoms with Crippen LogP contribution in [0, 0.1) is 11.6 Å². The molecule has 0 saturated carbocycles. The van der Waals surface area contributed by atoms with E-state index in [4.69, 9.17) is 14.2 Å². The van der Waals surface area contributed by atoms with Gasteiger partial charge in [0.1, 0.15) is 42.4 Å². The van der Waals surface area contributed by atoms with Crippen LogP contribution in [0.2, 0.25) is 0 Å². The Kier molecular flexibility index (Phi) is 8.28. The predicted molar refractivity (Wildman–Crippen MR) is 162 cm³/mol. The molecule has 1 aliphatic rings. The van der Waals surface area contributed by atoms with Crippen LogP contribution in [0.4, 0.5) is 14.5 Å². The molecule has 3 aromatic carbocycles. The lowest BCUT2D eigenvalue weighted by atomic mass is 10.1. The molecule has 1 N–H and O–H groups in total. The van der Waals surface area contributed by atoms with Crippen molar-refractivity contribution in [3.63, 3.8) is 0 Å². The molecule has 6 rings (SSSR count). The molecular weight excluding hydrogens is 586 g/mol. The second-order valence-corrected chi connectivity index (χ2v) is 10.5. The smallest absolute Gasteiger partial charge is 0.341 e. The van der Waals surface area contributed by atoms with Crippen molar-refractivity contribution in [3.05, 3.63) is 112 Å². The largest absolute Gasteiger partial charge is 0.497 e. The van der Waals surface area contributed by atoms with E-state index in [0.29, 0.717) is 18.2 Å². The van der Waals surface area contributed by atoms with E-state index in [9.17, 15) is 14.7 Å². The van der Waals surface area contributed by atoms with Crippen LogP contribution in [0.5, 0.6) is 17.4 Å². The molecule has 10 nitrogen and oxygen atoms in total. The number of nitrogens with zero attached hydrogens (tertiary/aromatic N) is 4. The molecule has 1 saturated heterocycles. The summed E-state index contributed by atoms with van der Waals surface area (Å²) in [5.41, 5.74) is -0.353. The maximum Gasteiger partial charge on any atom is 0.341 e. The molecular formula is C33H28F2N4O6. The lowest BCUT2D eigenvalue weighted by Gasteiger charge is -2.27. The van der Waals surface area contributed by atoms with Gasteiger partial charge in [-0.25, -0.2) is 23.5 Å². The number of carboxylic acids is 1. The number of methoxy groups -OCH3 is 1. The number of anilines is 1. The van der Waals surface area contributed by atoms with Gasteiger partial charge in [-0.15, -0.1) is 0 Å². The number of pyridine rings is 1. The van der Waals surface area contributed by atoms with Crippen molar-refractivity contribution in [1.82, 2.24) is 14.5 Å². The molecule has 5 aromatic rings. The van der Waals surface area contributed by atoms with Gasteiger partial charge in [-0.2, -0.15) is 0 Å². The molecule has 45 heavy (non-hydrogen) atoms. The lowest BCUT2D eigenvalue weighted by molar-refractivity contribution is 0.0695. The fraction of sp³-hybridized carbons (Fsp3) is 0.212.